The van der Waals surface area contributed by atoms with E-state index in [-0.39, 0.29) is 11.9 Å². The lowest BCUT2D eigenvalue weighted by molar-refractivity contribution is 0.0927. The fraction of sp³-hybridized carbons (Fsp3) is 0.455. The second kappa shape index (κ2) is 5.44. The van der Waals surface area contributed by atoms with E-state index >= 15 is 0 Å². The largest absolute Gasteiger partial charge is 0.341 e. The molecule has 2 aromatic rings. The smallest absolute Gasteiger partial charge is 0.269 e. The summed E-state index contributed by atoms with van der Waals surface area (Å²) in [5.74, 6) is 0.581. The highest BCUT2D eigenvalue weighted by Gasteiger charge is 2.19. The number of aryl methyl sites for hydroxylation is 1. The third-order valence-corrected chi connectivity index (χ3v) is 2.72. The summed E-state index contributed by atoms with van der Waals surface area (Å²) in [7, 11) is 0. The van der Waals surface area contributed by atoms with Gasteiger partial charge in [0.05, 0.1) is 6.04 Å². The third kappa shape index (κ3) is 2.39. The third-order valence-electron chi connectivity index (χ3n) is 2.72. The van der Waals surface area contributed by atoms with Crippen LogP contribution in [0, 0.1) is 0 Å². The number of nitrogens with one attached hydrogen (secondary N) is 2. The topological polar surface area (TPSA) is 88.5 Å². The van der Waals surface area contributed by atoms with Crippen molar-refractivity contribution in [3.05, 3.63) is 30.1 Å². The molecule has 0 saturated carbocycles. The van der Waals surface area contributed by atoms with Crippen LogP contribution in [0.2, 0.25) is 0 Å². The van der Waals surface area contributed by atoms with E-state index < -0.39 is 0 Å². The normalized spacial score (nSPS) is 12.3. The van der Waals surface area contributed by atoms with Crippen LogP contribution in [0.15, 0.2) is 18.6 Å². The van der Waals surface area contributed by atoms with Gasteiger partial charge in [-0.1, -0.05) is 6.92 Å². The molecular weight excluding hydrogens is 232 g/mol. The number of hydrogen-bond donors (Lipinski definition) is 2. The number of carbonyl (C=O) groups excluding carboxylic acids is 1. The number of carbonyl (C=O) groups is 1. The van der Waals surface area contributed by atoms with Gasteiger partial charge >= 0.3 is 0 Å². The van der Waals surface area contributed by atoms with Crippen molar-refractivity contribution >= 4 is 5.91 Å². The van der Waals surface area contributed by atoms with E-state index in [2.05, 4.69) is 25.6 Å². The van der Waals surface area contributed by atoms with Crippen LogP contribution in [0.25, 0.3) is 0 Å². The molecule has 0 fully saturated rings. The Bertz CT molecular complexity index is 503. The molecule has 0 aliphatic rings. The first-order valence-electron chi connectivity index (χ1n) is 5.94. The molecule has 2 rings (SSSR count). The van der Waals surface area contributed by atoms with E-state index in [4.69, 9.17) is 0 Å². The van der Waals surface area contributed by atoms with Gasteiger partial charge in [0.1, 0.15) is 17.8 Å². The number of nitrogens with zero attached hydrogens (tertiary/aromatic N) is 4. The SMILES string of the molecule is CCC(NC(=O)c1ccn[nH]1)c1ncnn1CC. The van der Waals surface area contributed by atoms with Gasteiger partial charge in [0.2, 0.25) is 0 Å². The van der Waals surface area contributed by atoms with Crippen molar-refractivity contribution < 1.29 is 4.79 Å². The second-order valence-electron chi connectivity index (χ2n) is 3.84. The first-order chi connectivity index (χ1) is 8.76. The van der Waals surface area contributed by atoms with Crippen LogP contribution in [-0.4, -0.2) is 30.9 Å². The zero-order valence-electron chi connectivity index (χ0n) is 10.4. The average Bonchev–Trinajstić information content (AvgIpc) is 3.05. The van der Waals surface area contributed by atoms with Crippen LogP contribution in [0.3, 0.4) is 0 Å². The van der Waals surface area contributed by atoms with Crippen molar-refractivity contribution in [2.24, 2.45) is 0 Å². The fourth-order valence-corrected chi connectivity index (χ4v) is 1.75. The molecule has 2 N–H and O–H groups in total. The summed E-state index contributed by atoms with van der Waals surface area (Å²) in [6.45, 7) is 4.71. The lowest BCUT2D eigenvalue weighted by Gasteiger charge is -2.16. The maximum atomic E-state index is 11.9. The molecule has 0 bridgehead atoms. The minimum Gasteiger partial charge on any atom is -0.341 e. The monoisotopic (exact) mass is 248 g/mol. The lowest BCUT2D eigenvalue weighted by atomic mass is 10.2. The molecule has 0 spiro atoms. The Hall–Kier alpha value is -2.18. The first kappa shape index (κ1) is 12.3. The number of aromatic amines is 1. The standard InChI is InChI=1S/C11H16N6O/c1-3-8(10-12-7-14-17(10)4-2)15-11(18)9-5-6-13-16-9/h5-8H,3-4H2,1-2H3,(H,13,16)(H,15,18). The van der Waals surface area contributed by atoms with Crippen molar-refractivity contribution in [3.8, 4) is 0 Å². The molecule has 7 nitrogen and oxygen atoms in total. The highest BCUT2D eigenvalue weighted by Crippen LogP contribution is 2.14. The summed E-state index contributed by atoms with van der Waals surface area (Å²) in [6.07, 6.45) is 3.80. The van der Waals surface area contributed by atoms with Gasteiger partial charge in [-0.05, 0) is 19.4 Å². The summed E-state index contributed by atoms with van der Waals surface area (Å²) in [4.78, 5) is 16.1. The molecule has 0 aliphatic heterocycles. The maximum Gasteiger partial charge on any atom is 0.269 e. The molecule has 0 saturated heterocycles. The molecule has 1 atom stereocenters. The first-order valence-corrected chi connectivity index (χ1v) is 5.94. The van der Waals surface area contributed by atoms with E-state index in [0.29, 0.717) is 5.69 Å². The fourth-order valence-electron chi connectivity index (χ4n) is 1.75. The Labute approximate surface area is 105 Å². The van der Waals surface area contributed by atoms with Gasteiger partial charge < -0.3 is 5.32 Å². The van der Waals surface area contributed by atoms with Crippen LogP contribution in [0.5, 0.6) is 0 Å². The minimum absolute atomic E-state index is 0.150. The summed E-state index contributed by atoms with van der Waals surface area (Å²) in [6, 6.07) is 1.48. The molecule has 0 radical (unpaired) electrons. The zero-order valence-corrected chi connectivity index (χ0v) is 10.4. The Morgan fingerprint density at radius 1 is 1.56 bits per heavy atom. The highest BCUT2D eigenvalue weighted by atomic mass is 16.2. The van der Waals surface area contributed by atoms with E-state index in [9.17, 15) is 4.79 Å². The predicted molar refractivity (Wildman–Crippen MR) is 64.8 cm³/mol. The molecule has 1 unspecified atom stereocenters. The maximum absolute atomic E-state index is 11.9. The molecule has 7 heteroatoms. The quantitative estimate of drug-likeness (QED) is 0.822. The number of amides is 1. The van der Waals surface area contributed by atoms with Crippen LogP contribution in [0.1, 0.15) is 42.6 Å². The highest BCUT2D eigenvalue weighted by molar-refractivity contribution is 5.92. The zero-order chi connectivity index (χ0) is 13.0. The van der Waals surface area contributed by atoms with E-state index in [0.717, 1.165) is 18.8 Å². The van der Waals surface area contributed by atoms with Crippen LogP contribution < -0.4 is 5.32 Å². The molecule has 2 aromatic heterocycles. The van der Waals surface area contributed by atoms with Crippen LogP contribution in [0.4, 0.5) is 0 Å². The molecule has 0 aliphatic carbocycles. The van der Waals surface area contributed by atoms with E-state index in [1.807, 2.05) is 13.8 Å². The van der Waals surface area contributed by atoms with Crippen molar-refractivity contribution in [3.63, 3.8) is 0 Å². The van der Waals surface area contributed by atoms with Gasteiger partial charge in [0, 0.05) is 12.7 Å². The average molecular weight is 248 g/mol. The molecular formula is C11H16N6O. The molecule has 18 heavy (non-hydrogen) atoms. The van der Waals surface area contributed by atoms with Crippen molar-refractivity contribution in [2.45, 2.75) is 32.9 Å². The van der Waals surface area contributed by atoms with Gasteiger partial charge in [0.25, 0.3) is 5.91 Å². The van der Waals surface area contributed by atoms with Crippen molar-refractivity contribution in [1.29, 1.82) is 0 Å². The Morgan fingerprint density at radius 3 is 3.00 bits per heavy atom. The number of hydrogen-bond acceptors (Lipinski definition) is 4. The van der Waals surface area contributed by atoms with Gasteiger partial charge in [-0.25, -0.2) is 9.67 Å². The minimum atomic E-state index is -0.190. The predicted octanol–water partition coefficient (Wildman–Crippen LogP) is 0.902. The molecule has 2 heterocycles. The Kier molecular flexibility index (Phi) is 3.71. The number of aromatic nitrogens is 5. The summed E-state index contributed by atoms with van der Waals surface area (Å²) in [5, 5.41) is 13.4. The number of H-pyrrole nitrogens is 1. The molecule has 96 valence electrons. The summed E-state index contributed by atoms with van der Waals surface area (Å²) < 4.78 is 1.78. The van der Waals surface area contributed by atoms with Crippen LogP contribution in [-0.2, 0) is 6.54 Å². The van der Waals surface area contributed by atoms with E-state index in [1.54, 1.807) is 16.9 Å². The summed E-state index contributed by atoms with van der Waals surface area (Å²) in [5.41, 5.74) is 0.441. The second-order valence-corrected chi connectivity index (χ2v) is 3.84. The lowest BCUT2D eigenvalue weighted by Crippen LogP contribution is -2.30. The van der Waals surface area contributed by atoms with Crippen molar-refractivity contribution in [2.75, 3.05) is 0 Å². The van der Waals surface area contributed by atoms with Gasteiger partial charge in [-0.3, -0.25) is 9.89 Å². The van der Waals surface area contributed by atoms with E-state index in [1.165, 1.54) is 6.33 Å². The van der Waals surface area contributed by atoms with Crippen LogP contribution >= 0.6 is 0 Å². The van der Waals surface area contributed by atoms with Gasteiger partial charge in [-0.15, -0.1) is 0 Å². The number of rotatable bonds is 5. The van der Waals surface area contributed by atoms with Gasteiger partial charge in [0.15, 0.2) is 0 Å². The Morgan fingerprint density at radius 2 is 2.39 bits per heavy atom. The Balaban J connectivity index is 2.13. The molecule has 0 aromatic carbocycles. The summed E-state index contributed by atoms with van der Waals surface area (Å²) >= 11 is 0. The molecule has 1 amide bonds. The van der Waals surface area contributed by atoms with Crippen molar-refractivity contribution in [1.82, 2.24) is 30.3 Å². The van der Waals surface area contributed by atoms with Gasteiger partial charge in [-0.2, -0.15) is 10.2 Å².